The molecule has 1 aromatic rings. The van der Waals surface area contributed by atoms with Crippen LogP contribution in [0.4, 0.5) is 10.1 Å². The van der Waals surface area contributed by atoms with E-state index in [-0.39, 0.29) is 23.8 Å². The summed E-state index contributed by atoms with van der Waals surface area (Å²) < 4.78 is 13.1. The molecule has 0 aromatic heterocycles. The molecule has 2 rings (SSSR count). The SMILES string of the molecule is CC1(C)CN(c2cccc(F)c2)CC(=O)N1. The fourth-order valence-corrected chi connectivity index (χ4v) is 2.02. The fourth-order valence-electron chi connectivity index (χ4n) is 2.02. The Morgan fingerprint density at radius 1 is 1.44 bits per heavy atom. The average molecular weight is 222 g/mol. The van der Waals surface area contributed by atoms with E-state index in [4.69, 9.17) is 0 Å². The molecule has 1 heterocycles. The number of nitrogens with one attached hydrogen (secondary N) is 1. The van der Waals surface area contributed by atoms with Gasteiger partial charge in [0.05, 0.1) is 12.1 Å². The maximum Gasteiger partial charge on any atom is 0.239 e. The Morgan fingerprint density at radius 3 is 2.81 bits per heavy atom. The molecule has 1 amide bonds. The van der Waals surface area contributed by atoms with E-state index in [0.717, 1.165) is 5.69 Å². The first-order valence-corrected chi connectivity index (χ1v) is 5.28. The predicted octanol–water partition coefficient (Wildman–Crippen LogP) is 1.54. The molecule has 16 heavy (non-hydrogen) atoms. The van der Waals surface area contributed by atoms with Crippen LogP contribution in [-0.2, 0) is 4.79 Å². The monoisotopic (exact) mass is 222 g/mol. The van der Waals surface area contributed by atoms with Crippen LogP contribution in [0.25, 0.3) is 0 Å². The highest BCUT2D eigenvalue weighted by Gasteiger charge is 2.30. The number of anilines is 1. The molecule has 1 saturated heterocycles. The molecule has 0 aliphatic carbocycles. The molecule has 4 heteroatoms. The molecule has 1 aliphatic heterocycles. The van der Waals surface area contributed by atoms with Gasteiger partial charge in [-0.3, -0.25) is 4.79 Å². The van der Waals surface area contributed by atoms with E-state index >= 15 is 0 Å². The first-order valence-electron chi connectivity index (χ1n) is 5.28. The number of rotatable bonds is 1. The third-order valence-electron chi connectivity index (χ3n) is 2.57. The van der Waals surface area contributed by atoms with Crippen molar-refractivity contribution in [1.82, 2.24) is 5.32 Å². The summed E-state index contributed by atoms with van der Waals surface area (Å²) in [5.74, 6) is -0.304. The molecule has 0 radical (unpaired) electrons. The summed E-state index contributed by atoms with van der Waals surface area (Å²) in [4.78, 5) is 13.4. The van der Waals surface area contributed by atoms with Gasteiger partial charge in [-0.1, -0.05) is 6.07 Å². The van der Waals surface area contributed by atoms with Gasteiger partial charge in [0.15, 0.2) is 0 Å². The van der Waals surface area contributed by atoms with Crippen LogP contribution in [0.3, 0.4) is 0 Å². The van der Waals surface area contributed by atoms with E-state index < -0.39 is 0 Å². The summed E-state index contributed by atoms with van der Waals surface area (Å²) in [5.41, 5.74) is 0.477. The summed E-state index contributed by atoms with van der Waals surface area (Å²) >= 11 is 0. The van der Waals surface area contributed by atoms with E-state index in [1.54, 1.807) is 6.07 Å². The Kier molecular flexibility index (Phi) is 2.58. The summed E-state index contributed by atoms with van der Waals surface area (Å²) in [6.45, 7) is 4.88. The molecule has 0 spiro atoms. The molecular weight excluding hydrogens is 207 g/mol. The summed E-state index contributed by atoms with van der Waals surface area (Å²) in [6.07, 6.45) is 0. The van der Waals surface area contributed by atoms with Crippen molar-refractivity contribution in [3.05, 3.63) is 30.1 Å². The van der Waals surface area contributed by atoms with Crippen LogP contribution >= 0.6 is 0 Å². The van der Waals surface area contributed by atoms with Crippen molar-refractivity contribution in [3.8, 4) is 0 Å². The van der Waals surface area contributed by atoms with Crippen LogP contribution < -0.4 is 10.2 Å². The second-order valence-corrected chi connectivity index (χ2v) is 4.77. The lowest BCUT2D eigenvalue weighted by atomic mass is 10.0. The smallest absolute Gasteiger partial charge is 0.239 e. The van der Waals surface area contributed by atoms with Crippen LogP contribution in [0.1, 0.15) is 13.8 Å². The Morgan fingerprint density at radius 2 is 2.19 bits per heavy atom. The van der Waals surface area contributed by atoms with E-state index in [0.29, 0.717) is 6.54 Å². The van der Waals surface area contributed by atoms with Gasteiger partial charge in [-0.2, -0.15) is 0 Å². The lowest BCUT2D eigenvalue weighted by Gasteiger charge is -2.39. The van der Waals surface area contributed by atoms with Crippen molar-refractivity contribution in [1.29, 1.82) is 0 Å². The molecule has 0 unspecified atom stereocenters. The molecule has 1 fully saturated rings. The highest BCUT2D eigenvalue weighted by Crippen LogP contribution is 2.20. The van der Waals surface area contributed by atoms with Crippen LogP contribution in [-0.4, -0.2) is 24.5 Å². The average Bonchev–Trinajstić information content (AvgIpc) is 2.14. The van der Waals surface area contributed by atoms with Crippen molar-refractivity contribution in [2.24, 2.45) is 0 Å². The normalized spacial score (nSPS) is 19.4. The second kappa shape index (κ2) is 3.77. The Balaban J connectivity index is 2.24. The topological polar surface area (TPSA) is 32.3 Å². The van der Waals surface area contributed by atoms with E-state index in [9.17, 15) is 9.18 Å². The molecule has 0 bridgehead atoms. The minimum absolute atomic E-state index is 0.0273. The molecule has 86 valence electrons. The fraction of sp³-hybridized carbons (Fsp3) is 0.417. The van der Waals surface area contributed by atoms with Crippen LogP contribution in [0.2, 0.25) is 0 Å². The van der Waals surface area contributed by atoms with Gasteiger partial charge in [-0.15, -0.1) is 0 Å². The lowest BCUT2D eigenvalue weighted by molar-refractivity contribution is -0.122. The number of piperazine rings is 1. The Hall–Kier alpha value is -1.58. The number of benzene rings is 1. The quantitative estimate of drug-likeness (QED) is 0.781. The lowest BCUT2D eigenvalue weighted by Crippen LogP contribution is -2.60. The third kappa shape index (κ3) is 2.32. The summed E-state index contributed by atoms with van der Waals surface area (Å²) in [5, 5.41) is 2.90. The maximum atomic E-state index is 13.1. The third-order valence-corrected chi connectivity index (χ3v) is 2.57. The van der Waals surface area contributed by atoms with Crippen LogP contribution in [0.15, 0.2) is 24.3 Å². The number of amides is 1. The van der Waals surface area contributed by atoms with Gasteiger partial charge >= 0.3 is 0 Å². The minimum atomic E-state index is -0.277. The highest BCUT2D eigenvalue weighted by molar-refractivity contribution is 5.83. The first-order chi connectivity index (χ1) is 7.46. The standard InChI is InChI=1S/C12H15FN2O/c1-12(2)8-15(7-11(16)14-12)10-5-3-4-9(13)6-10/h3-6H,7-8H2,1-2H3,(H,14,16). The van der Waals surface area contributed by atoms with E-state index in [1.807, 2.05) is 24.8 Å². The molecule has 1 aromatic carbocycles. The summed E-state index contributed by atoms with van der Waals surface area (Å²) in [7, 11) is 0. The van der Waals surface area contributed by atoms with Crippen LogP contribution in [0.5, 0.6) is 0 Å². The minimum Gasteiger partial charge on any atom is -0.360 e. The van der Waals surface area contributed by atoms with Crippen molar-refractivity contribution < 1.29 is 9.18 Å². The molecule has 1 N–H and O–H groups in total. The Bertz CT molecular complexity index is 417. The van der Waals surface area contributed by atoms with Crippen molar-refractivity contribution in [2.75, 3.05) is 18.0 Å². The number of carbonyl (C=O) groups excluding carboxylic acids is 1. The number of carbonyl (C=O) groups is 1. The van der Waals surface area contributed by atoms with Gasteiger partial charge in [-0.05, 0) is 32.0 Å². The van der Waals surface area contributed by atoms with E-state index in [1.165, 1.54) is 12.1 Å². The summed E-state index contributed by atoms with van der Waals surface area (Å²) in [6, 6.07) is 6.33. The van der Waals surface area contributed by atoms with Gasteiger partial charge < -0.3 is 10.2 Å². The zero-order chi connectivity index (χ0) is 11.8. The largest absolute Gasteiger partial charge is 0.360 e. The van der Waals surface area contributed by atoms with Gasteiger partial charge in [0.2, 0.25) is 5.91 Å². The molecule has 0 atom stereocenters. The highest BCUT2D eigenvalue weighted by atomic mass is 19.1. The Labute approximate surface area is 94.3 Å². The second-order valence-electron chi connectivity index (χ2n) is 4.77. The van der Waals surface area contributed by atoms with Gasteiger partial charge in [-0.25, -0.2) is 4.39 Å². The van der Waals surface area contributed by atoms with Gasteiger partial charge in [0.1, 0.15) is 5.82 Å². The van der Waals surface area contributed by atoms with E-state index in [2.05, 4.69) is 5.32 Å². The first kappa shape index (κ1) is 10.9. The van der Waals surface area contributed by atoms with Gasteiger partial charge in [0.25, 0.3) is 0 Å². The number of hydrogen-bond donors (Lipinski definition) is 1. The number of hydrogen-bond acceptors (Lipinski definition) is 2. The zero-order valence-electron chi connectivity index (χ0n) is 9.46. The van der Waals surface area contributed by atoms with Crippen molar-refractivity contribution in [2.45, 2.75) is 19.4 Å². The van der Waals surface area contributed by atoms with Crippen molar-refractivity contribution in [3.63, 3.8) is 0 Å². The van der Waals surface area contributed by atoms with Crippen LogP contribution in [0, 0.1) is 5.82 Å². The predicted molar refractivity (Wildman–Crippen MR) is 60.8 cm³/mol. The van der Waals surface area contributed by atoms with Crippen molar-refractivity contribution >= 4 is 11.6 Å². The number of nitrogens with zero attached hydrogens (tertiary/aromatic N) is 1. The maximum absolute atomic E-state index is 13.1. The van der Waals surface area contributed by atoms with Gasteiger partial charge in [0, 0.05) is 12.2 Å². The molecule has 1 aliphatic rings. The molecular formula is C12H15FN2O. The molecule has 0 saturated carbocycles. The zero-order valence-corrected chi connectivity index (χ0v) is 9.46. The molecule has 3 nitrogen and oxygen atoms in total. The number of halogens is 1.